The van der Waals surface area contributed by atoms with E-state index in [9.17, 15) is 14.9 Å². The Labute approximate surface area is 120 Å². The molecule has 20 heavy (non-hydrogen) atoms. The zero-order chi connectivity index (χ0) is 14.7. The quantitative estimate of drug-likeness (QED) is 0.689. The first-order chi connectivity index (χ1) is 9.49. The average molecular weight is 291 g/mol. The fourth-order valence-corrected chi connectivity index (χ4v) is 2.07. The third-order valence-corrected chi connectivity index (χ3v) is 2.92. The number of amides is 1. The number of halogens is 1. The van der Waals surface area contributed by atoms with Gasteiger partial charge in [0.1, 0.15) is 0 Å². The van der Waals surface area contributed by atoms with Crippen LogP contribution in [0.5, 0.6) is 0 Å². The number of carbonyl (C=O) groups is 1. The lowest BCUT2D eigenvalue weighted by atomic mass is 10.0. The van der Waals surface area contributed by atoms with Crippen molar-refractivity contribution in [3.05, 3.63) is 57.6 Å². The second-order valence-corrected chi connectivity index (χ2v) is 4.58. The van der Waals surface area contributed by atoms with E-state index in [1.54, 1.807) is 36.4 Å². The first-order valence-electron chi connectivity index (χ1n) is 5.80. The van der Waals surface area contributed by atoms with Gasteiger partial charge in [-0.1, -0.05) is 23.7 Å². The summed E-state index contributed by atoms with van der Waals surface area (Å²) in [7, 11) is 0. The topological polar surface area (TPSA) is 72.2 Å². The molecule has 0 saturated heterocycles. The molecule has 0 atom stereocenters. The molecular formula is C14H11ClN2O3. The number of hydrogen-bond donors (Lipinski definition) is 1. The number of nitrogens with zero attached hydrogens (tertiary/aromatic N) is 1. The van der Waals surface area contributed by atoms with E-state index in [2.05, 4.69) is 5.32 Å². The molecule has 5 nitrogen and oxygen atoms in total. The Morgan fingerprint density at radius 2 is 1.90 bits per heavy atom. The van der Waals surface area contributed by atoms with E-state index in [1.807, 2.05) is 0 Å². The van der Waals surface area contributed by atoms with E-state index >= 15 is 0 Å². The Morgan fingerprint density at radius 1 is 1.20 bits per heavy atom. The predicted octanol–water partition coefficient (Wildman–Crippen LogP) is 3.87. The molecule has 0 heterocycles. The fraction of sp³-hybridized carbons (Fsp3) is 0.0714. The van der Waals surface area contributed by atoms with Gasteiger partial charge in [-0.25, -0.2) is 0 Å². The van der Waals surface area contributed by atoms with Gasteiger partial charge in [-0.15, -0.1) is 0 Å². The highest BCUT2D eigenvalue weighted by Gasteiger charge is 2.17. The van der Waals surface area contributed by atoms with Gasteiger partial charge in [0.25, 0.3) is 5.69 Å². The molecule has 2 rings (SSSR count). The molecular weight excluding hydrogens is 280 g/mol. The molecule has 0 saturated carbocycles. The van der Waals surface area contributed by atoms with Crippen LogP contribution in [-0.2, 0) is 4.79 Å². The van der Waals surface area contributed by atoms with Crippen LogP contribution in [0.25, 0.3) is 11.1 Å². The lowest BCUT2D eigenvalue weighted by molar-refractivity contribution is -0.384. The number of benzene rings is 2. The smallest absolute Gasteiger partial charge is 0.277 e. The van der Waals surface area contributed by atoms with E-state index in [0.29, 0.717) is 21.8 Å². The van der Waals surface area contributed by atoms with Gasteiger partial charge in [-0.05, 0) is 24.3 Å². The van der Waals surface area contributed by atoms with Gasteiger partial charge in [0.2, 0.25) is 5.91 Å². The summed E-state index contributed by atoms with van der Waals surface area (Å²) >= 11 is 5.95. The predicted molar refractivity (Wildman–Crippen MR) is 77.8 cm³/mol. The van der Waals surface area contributed by atoms with Gasteiger partial charge in [-0.2, -0.15) is 0 Å². The van der Waals surface area contributed by atoms with Crippen LogP contribution in [0.3, 0.4) is 0 Å². The minimum atomic E-state index is -0.464. The Hall–Kier alpha value is -2.40. The summed E-state index contributed by atoms with van der Waals surface area (Å²) in [5.41, 5.74) is 1.36. The van der Waals surface area contributed by atoms with Crippen LogP contribution in [0.1, 0.15) is 6.92 Å². The first-order valence-corrected chi connectivity index (χ1v) is 6.18. The second-order valence-electron chi connectivity index (χ2n) is 4.15. The SMILES string of the molecule is CC(=O)Nc1ccc(Cl)cc1-c1ccccc1[N+](=O)[O-]. The van der Waals surface area contributed by atoms with Crippen molar-refractivity contribution >= 4 is 28.9 Å². The van der Waals surface area contributed by atoms with Gasteiger partial charge in [-0.3, -0.25) is 14.9 Å². The molecule has 0 radical (unpaired) electrons. The minimum absolute atomic E-state index is 0.0404. The molecule has 0 fully saturated rings. The number of rotatable bonds is 3. The molecule has 6 heteroatoms. The Bertz CT molecular complexity index is 686. The third-order valence-electron chi connectivity index (χ3n) is 2.68. The Kier molecular flexibility index (Phi) is 4.00. The zero-order valence-corrected chi connectivity index (χ0v) is 11.3. The second kappa shape index (κ2) is 5.71. The lowest BCUT2D eigenvalue weighted by Crippen LogP contribution is -2.07. The van der Waals surface area contributed by atoms with Crippen LogP contribution in [0.15, 0.2) is 42.5 Å². The zero-order valence-electron chi connectivity index (χ0n) is 10.6. The molecule has 0 aromatic heterocycles. The maximum atomic E-state index is 11.2. The van der Waals surface area contributed by atoms with Crippen molar-refractivity contribution in [1.82, 2.24) is 0 Å². The molecule has 2 aromatic rings. The molecule has 0 bridgehead atoms. The van der Waals surface area contributed by atoms with E-state index in [-0.39, 0.29) is 11.6 Å². The van der Waals surface area contributed by atoms with Crippen LogP contribution in [0, 0.1) is 10.1 Å². The number of carbonyl (C=O) groups excluding carboxylic acids is 1. The molecule has 2 aromatic carbocycles. The number of anilines is 1. The van der Waals surface area contributed by atoms with Gasteiger partial charge in [0, 0.05) is 29.3 Å². The number of para-hydroxylation sites is 1. The van der Waals surface area contributed by atoms with E-state index in [4.69, 9.17) is 11.6 Å². The molecule has 0 aliphatic rings. The Balaban J connectivity index is 2.65. The van der Waals surface area contributed by atoms with Gasteiger partial charge in [0.15, 0.2) is 0 Å². The molecule has 1 N–H and O–H groups in total. The van der Waals surface area contributed by atoms with E-state index in [1.165, 1.54) is 13.0 Å². The summed E-state index contributed by atoms with van der Waals surface area (Å²) in [5.74, 6) is -0.257. The van der Waals surface area contributed by atoms with Crippen molar-refractivity contribution in [2.75, 3.05) is 5.32 Å². The van der Waals surface area contributed by atoms with Crippen LogP contribution >= 0.6 is 11.6 Å². The molecule has 0 aliphatic heterocycles. The highest BCUT2D eigenvalue weighted by Crippen LogP contribution is 2.36. The number of nitro benzene ring substituents is 1. The maximum Gasteiger partial charge on any atom is 0.277 e. The van der Waals surface area contributed by atoms with Crippen LogP contribution < -0.4 is 5.32 Å². The fourth-order valence-electron chi connectivity index (χ4n) is 1.90. The maximum absolute atomic E-state index is 11.2. The normalized spacial score (nSPS) is 10.1. The van der Waals surface area contributed by atoms with Crippen LogP contribution in [0.4, 0.5) is 11.4 Å². The highest BCUT2D eigenvalue weighted by molar-refractivity contribution is 6.31. The number of nitro groups is 1. The van der Waals surface area contributed by atoms with Gasteiger partial charge in [0.05, 0.1) is 10.5 Å². The highest BCUT2D eigenvalue weighted by atomic mass is 35.5. The largest absolute Gasteiger partial charge is 0.326 e. The summed E-state index contributed by atoms with van der Waals surface area (Å²) < 4.78 is 0. The number of nitrogens with one attached hydrogen (secondary N) is 1. The van der Waals surface area contributed by atoms with Crippen molar-refractivity contribution in [1.29, 1.82) is 0 Å². The summed E-state index contributed by atoms with van der Waals surface area (Å²) in [6, 6.07) is 11.1. The van der Waals surface area contributed by atoms with Crippen molar-refractivity contribution < 1.29 is 9.72 Å². The molecule has 0 unspecified atom stereocenters. The van der Waals surface area contributed by atoms with Crippen molar-refractivity contribution in [2.45, 2.75) is 6.92 Å². The summed E-state index contributed by atoms with van der Waals surface area (Å²) in [6.45, 7) is 1.37. The van der Waals surface area contributed by atoms with Crippen molar-refractivity contribution in [2.24, 2.45) is 0 Å². The molecule has 1 amide bonds. The lowest BCUT2D eigenvalue weighted by Gasteiger charge is -2.11. The molecule has 102 valence electrons. The van der Waals surface area contributed by atoms with E-state index < -0.39 is 4.92 Å². The van der Waals surface area contributed by atoms with Gasteiger partial charge >= 0.3 is 0 Å². The third kappa shape index (κ3) is 2.95. The van der Waals surface area contributed by atoms with Crippen molar-refractivity contribution in [3.63, 3.8) is 0 Å². The standard InChI is InChI=1S/C14H11ClN2O3/c1-9(18)16-13-7-6-10(15)8-12(13)11-4-2-3-5-14(11)17(19)20/h2-8H,1H3,(H,16,18). The van der Waals surface area contributed by atoms with Gasteiger partial charge < -0.3 is 5.32 Å². The summed E-state index contributed by atoms with van der Waals surface area (Å²) in [6.07, 6.45) is 0. The number of hydrogen-bond acceptors (Lipinski definition) is 3. The minimum Gasteiger partial charge on any atom is -0.326 e. The Morgan fingerprint density at radius 3 is 2.55 bits per heavy atom. The average Bonchev–Trinajstić information content (AvgIpc) is 2.40. The molecule has 0 aliphatic carbocycles. The van der Waals surface area contributed by atoms with E-state index in [0.717, 1.165) is 0 Å². The van der Waals surface area contributed by atoms with Crippen molar-refractivity contribution in [3.8, 4) is 11.1 Å². The summed E-state index contributed by atoms with van der Waals surface area (Å²) in [5, 5.41) is 14.2. The van der Waals surface area contributed by atoms with Crippen LogP contribution in [0.2, 0.25) is 5.02 Å². The van der Waals surface area contributed by atoms with Crippen LogP contribution in [-0.4, -0.2) is 10.8 Å². The summed E-state index contributed by atoms with van der Waals surface area (Å²) in [4.78, 5) is 21.9. The molecule has 0 spiro atoms. The first kappa shape index (κ1) is 14.0. The monoisotopic (exact) mass is 290 g/mol.